The van der Waals surface area contributed by atoms with E-state index in [4.69, 9.17) is 15.7 Å². The number of nitrogen functional groups attached to an aromatic ring is 1. The van der Waals surface area contributed by atoms with Crippen LogP contribution in [0.25, 0.3) is 0 Å². The van der Waals surface area contributed by atoms with Gasteiger partial charge in [0.25, 0.3) is 0 Å². The molecule has 6 nitrogen and oxygen atoms in total. The molecule has 0 aliphatic carbocycles. The minimum Gasteiger partial charge on any atom is -0.481 e. The Kier molecular flexibility index (Phi) is 7.03. The molecule has 4 N–H and O–H groups in total. The van der Waals surface area contributed by atoms with Crippen molar-refractivity contribution in [1.82, 2.24) is 0 Å². The maximum atomic E-state index is 11.9. The fourth-order valence-electron chi connectivity index (χ4n) is 2.04. The van der Waals surface area contributed by atoms with E-state index in [1.54, 1.807) is 0 Å². The maximum Gasteiger partial charge on any atom is 0.311 e. The normalized spacial score (nSPS) is 11.1. The molecule has 0 fully saturated rings. The Balaban J connectivity index is 2.73. The van der Waals surface area contributed by atoms with Crippen LogP contribution in [0.4, 0.5) is 5.69 Å². The van der Waals surface area contributed by atoms with Gasteiger partial charge in [-0.3, -0.25) is 15.4 Å². The number of benzene rings is 1. The maximum absolute atomic E-state index is 11.9. The molecule has 128 valence electrons. The number of hydrogen-bond acceptors (Lipinski definition) is 5. The van der Waals surface area contributed by atoms with Crippen molar-refractivity contribution in [1.29, 1.82) is 0 Å². The number of hydrazine groups is 1. The number of esters is 1. The average molecular weight is 322 g/mol. The van der Waals surface area contributed by atoms with Gasteiger partial charge in [-0.2, -0.15) is 0 Å². The second-order valence-electron chi connectivity index (χ2n) is 6.55. The van der Waals surface area contributed by atoms with Crippen LogP contribution in [0.5, 0.6) is 0 Å². The molecular formula is C17H26N2O4. The molecule has 0 amide bonds. The Morgan fingerprint density at radius 1 is 1.22 bits per heavy atom. The molecule has 0 spiro atoms. The van der Waals surface area contributed by atoms with Crippen LogP contribution in [-0.4, -0.2) is 17.0 Å². The van der Waals surface area contributed by atoms with Gasteiger partial charge in [0.2, 0.25) is 0 Å². The van der Waals surface area contributed by atoms with Crippen LogP contribution in [0.2, 0.25) is 0 Å². The molecule has 0 heterocycles. The van der Waals surface area contributed by atoms with E-state index in [1.807, 2.05) is 39.0 Å². The van der Waals surface area contributed by atoms with Gasteiger partial charge in [-0.05, 0) is 63.3 Å². The first kappa shape index (κ1) is 19.0. The smallest absolute Gasteiger partial charge is 0.311 e. The van der Waals surface area contributed by atoms with Crippen molar-refractivity contribution in [3.05, 3.63) is 29.3 Å². The Bertz CT molecular complexity index is 550. The minimum atomic E-state index is -0.790. The summed E-state index contributed by atoms with van der Waals surface area (Å²) in [6, 6.07) is 5.60. The van der Waals surface area contributed by atoms with Crippen molar-refractivity contribution in [2.75, 3.05) is 5.43 Å². The topological polar surface area (TPSA) is 102 Å². The molecule has 0 saturated carbocycles. The van der Waals surface area contributed by atoms with Crippen molar-refractivity contribution in [3.8, 4) is 0 Å². The first-order chi connectivity index (χ1) is 10.7. The summed E-state index contributed by atoms with van der Waals surface area (Å²) in [7, 11) is 0. The van der Waals surface area contributed by atoms with Crippen LogP contribution in [0.15, 0.2) is 18.2 Å². The molecule has 0 saturated heterocycles. The van der Waals surface area contributed by atoms with Crippen molar-refractivity contribution < 1.29 is 19.4 Å². The summed E-state index contributed by atoms with van der Waals surface area (Å²) in [5, 5.41) is 8.68. The number of hydrogen-bond donors (Lipinski definition) is 3. The zero-order valence-corrected chi connectivity index (χ0v) is 14.0. The largest absolute Gasteiger partial charge is 0.481 e. The SMILES string of the molecule is CC(C)(C)C(=O)OCc1ccc(NN)cc1CCCCC(=O)O. The summed E-state index contributed by atoms with van der Waals surface area (Å²) in [4.78, 5) is 22.5. The van der Waals surface area contributed by atoms with E-state index in [0.717, 1.165) is 23.2 Å². The van der Waals surface area contributed by atoms with Gasteiger partial charge in [0, 0.05) is 12.1 Å². The first-order valence-corrected chi connectivity index (χ1v) is 7.71. The quantitative estimate of drug-likeness (QED) is 0.294. The third-order valence-corrected chi connectivity index (χ3v) is 3.43. The van der Waals surface area contributed by atoms with Crippen molar-refractivity contribution in [3.63, 3.8) is 0 Å². The lowest BCUT2D eigenvalue weighted by molar-refractivity contribution is -0.154. The van der Waals surface area contributed by atoms with E-state index in [9.17, 15) is 9.59 Å². The zero-order valence-electron chi connectivity index (χ0n) is 14.0. The van der Waals surface area contributed by atoms with Crippen LogP contribution in [0, 0.1) is 5.41 Å². The highest BCUT2D eigenvalue weighted by Crippen LogP contribution is 2.21. The van der Waals surface area contributed by atoms with Gasteiger partial charge in [-0.25, -0.2) is 0 Å². The highest BCUT2D eigenvalue weighted by molar-refractivity contribution is 5.75. The van der Waals surface area contributed by atoms with Gasteiger partial charge in [0.15, 0.2) is 0 Å². The number of ether oxygens (including phenoxy) is 1. The number of aliphatic carboxylic acids is 1. The number of carbonyl (C=O) groups is 2. The first-order valence-electron chi connectivity index (χ1n) is 7.71. The number of unbranched alkanes of at least 4 members (excludes halogenated alkanes) is 1. The van der Waals surface area contributed by atoms with Gasteiger partial charge >= 0.3 is 11.9 Å². The number of carboxylic acid groups (broad SMARTS) is 1. The van der Waals surface area contributed by atoms with Gasteiger partial charge in [-0.15, -0.1) is 0 Å². The van der Waals surface area contributed by atoms with Gasteiger partial charge in [0.05, 0.1) is 5.41 Å². The molecule has 0 atom stereocenters. The van der Waals surface area contributed by atoms with Gasteiger partial charge in [-0.1, -0.05) is 6.07 Å². The van der Waals surface area contributed by atoms with Crippen molar-refractivity contribution >= 4 is 17.6 Å². The second-order valence-corrected chi connectivity index (χ2v) is 6.55. The summed E-state index contributed by atoms with van der Waals surface area (Å²) in [5.74, 6) is 4.39. The van der Waals surface area contributed by atoms with E-state index in [2.05, 4.69) is 5.43 Å². The Morgan fingerprint density at radius 2 is 1.91 bits per heavy atom. The molecule has 0 aliphatic rings. The number of rotatable bonds is 8. The third kappa shape index (κ3) is 6.69. The lowest BCUT2D eigenvalue weighted by Crippen LogP contribution is -2.23. The fraction of sp³-hybridized carbons (Fsp3) is 0.529. The van der Waals surface area contributed by atoms with Gasteiger partial charge < -0.3 is 15.3 Å². The number of nitrogens with one attached hydrogen (secondary N) is 1. The fourth-order valence-corrected chi connectivity index (χ4v) is 2.04. The Hall–Kier alpha value is -2.08. The molecule has 0 radical (unpaired) electrons. The predicted molar refractivity (Wildman–Crippen MR) is 88.7 cm³/mol. The van der Waals surface area contributed by atoms with Crippen LogP contribution >= 0.6 is 0 Å². The number of aryl methyl sites for hydroxylation is 1. The highest BCUT2D eigenvalue weighted by atomic mass is 16.5. The molecule has 6 heteroatoms. The van der Waals surface area contributed by atoms with Crippen LogP contribution in [0.1, 0.15) is 51.2 Å². The van der Waals surface area contributed by atoms with E-state index in [0.29, 0.717) is 12.8 Å². The summed E-state index contributed by atoms with van der Waals surface area (Å²) in [6.45, 7) is 5.63. The van der Waals surface area contributed by atoms with E-state index in [1.165, 1.54) is 0 Å². The summed E-state index contributed by atoms with van der Waals surface area (Å²) >= 11 is 0. The van der Waals surface area contributed by atoms with E-state index >= 15 is 0 Å². The van der Waals surface area contributed by atoms with Crippen molar-refractivity contribution in [2.24, 2.45) is 11.3 Å². The molecule has 0 unspecified atom stereocenters. The van der Waals surface area contributed by atoms with Gasteiger partial charge in [0.1, 0.15) is 6.61 Å². The molecule has 0 bridgehead atoms. The van der Waals surface area contributed by atoms with Crippen molar-refractivity contribution in [2.45, 2.75) is 53.1 Å². The Labute approximate surface area is 137 Å². The standard InChI is InChI=1S/C17H26N2O4/c1-17(2,3)16(22)23-11-13-8-9-14(19-18)10-12(13)6-4-5-7-15(20)21/h8-10,19H,4-7,11,18H2,1-3H3,(H,20,21). The number of carbonyl (C=O) groups excluding carboxylic acids is 1. The summed E-state index contributed by atoms with van der Waals surface area (Å²) in [6.07, 6.45) is 2.23. The zero-order chi connectivity index (χ0) is 17.5. The molecule has 0 aliphatic heterocycles. The molecular weight excluding hydrogens is 296 g/mol. The second kappa shape index (κ2) is 8.53. The van der Waals surface area contributed by atoms with E-state index in [-0.39, 0.29) is 19.0 Å². The lowest BCUT2D eigenvalue weighted by atomic mass is 9.97. The minimum absolute atomic E-state index is 0.156. The van der Waals surface area contributed by atoms with E-state index < -0.39 is 11.4 Å². The highest BCUT2D eigenvalue weighted by Gasteiger charge is 2.23. The number of anilines is 1. The third-order valence-electron chi connectivity index (χ3n) is 3.43. The summed E-state index contributed by atoms with van der Waals surface area (Å²) < 4.78 is 5.37. The number of carboxylic acids is 1. The van der Waals surface area contributed by atoms with Crippen LogP contribution in [0.3, 0.4) is 0 Å². The molecule has 23 heavy (non-hydrogen) atoms. The number of nitrogens with two attached hydrogens (primary N) is 1. The van der Waals surface area contributed by atoms with Crippen LogP contribution < -0.4 is 11.3 Å². The molecule has 1 aromatic carbocycles. The van der Waals surface area contributed by atoms with Crippen LogP contribution in [-0.2, 0) is 27.4 Å². The molecule has 1 rings (SSSR count). The predicted octanol–water partition coefficient (Wildman–Crippen LogP) is 2.86. The Morgan fingerprint density at radius 3 is 2.48 bits per heavy atom. The lowest BCUT2D eigenvalue weighted by Gasteiger charge is -2.18. The summed E-state index contributed by atoms with van der Waals surface area (Å²) in [5.41, 5.74) is 4.74. The average Bonchev–Trinajstić information content (AvgIpc) is 2.48. The molecule has 1 aromatic rings. The molecule has 0 aromatic heterocycles. The monoisotopic (exact) mass is 322 g/mol.